The van der Waals surface area contributed by atoms with E-state index >= 15 is 0 Å². The third-order valence-electron chi connectivity index (χ3n) is 10.7. The van der Waals surface area contributed by atoms with Crippen molar-refractivity contribution < 1.29 is 0 Å². The quantitative estimate of drug-likeness (QED) is 0.627. The summed E-state index contributed by atoms with van der Waals surface area (Å²) in [5.74, 6) is 7.32. The molecule has 0 amide bonds. The fourth-order valence-corrected chi connectivity index (χ4v) is 10.6. The SMILES string of the molecule is c1cc(C23CC4CC(CC(C4)C2)C3)c2nc(C34CC5CC(CC(C5)C3)C4)[nH]c2c1. The molecule has 1 N–H and O–H groups in total. The highest BCUT2D eigenvalue weighted by Crippen LogP contribution is 2.62. The maximum atomic E-state index is 5.50. The molecule has 8 bridgehead atoms. The molecule has 8 aliphatic rings. The number of imidazole rings is 1. The van der Waals surface area contributed by atoms with Crippen LogP contribution in [0.3, 0.4) is 0 Å². The smallest absolute Gasteiger partial charge is 0.113 e. The van der Waals surface area contributed by atoms with Crippen LogP contribution in [-0.4, -0.2) is 9.97 Å². The van der Waals surface area contributed by atoms with Crippen molar-refractivity contribution in [1.29, 1.82) is 0 Å². The summed E-state index contributed by atoms with van der Waals surface area (Å²) in [5.41, 5.74) is 5.15. The van der Waals surface area contributed by atoms with Gasteiger partial charge in [0.1, 0.15) is 5.82 Å². The lowest BCUT2D eigenvalue weighted by atomic mass is 9.48. The molecule has 2 heteroatoms. The second-order valence-corrected chi connectivity index (χ2v) is 12.7. The van der Waals surface area contributed by atoms with Crippen LogP contribution >= 0.6 is 0 Å². The van der Waals surface area contributed by atoms with Crippen LogP contribution in [0.5, 0.6) is 0 Å². The molecule has 152 valence electrons. The molecule has 2 aromatic rings. The van der Waals surface area contributed by atoms with Crippen molar-refractivity contribution in [1.82, 2.24) is 9.97 Å². The highest BCUT2D eigenvalue weighted by Gasteiger charge is 2.54. The Labute approximate surface area is 174 Å². The van der Waals surface area contributed by atoms with Crippen molar-refractivity contribution in [2.75, 3.05) is 0 Å². The first-order chi connectivity index (χ1) is 14.2. The molecule has 8 saturated carbocycles. The zero-order chi connectivity index (χ0) is 18.8. The summed E-state index contributed by atoms with van der Waals surface area (Å²) in [5, 5.41) is 0. The molecule has 0 saturated heterocycles. The molecule has 0 atom stereocenters. The first-order valence-corrected chi connectivity index (χ1v) is 12.7. The molecule has 29 heavy (non-hydrogen) atoms. The molecule has 1 heterocycles. The maximum Gasteiger partial charge on any atom is 0.113 e. The molecular formula is C27H34N2. The van der Waals surface area contributed by atoms with Crippen LogP contribution in [-0.2, 0) is 10.8 Å². The summed E-state index contributed by atoms with van der Waals surface area (Å²) >= 11 is 0. The van der Waals surface area contributed by atoms with Crippen LogP contribution in [0.4, 0.5) is 0 Å². The Morgan fingerprint density at radius 1 is 0.655 bits per heavy atom. The first kappa shape index (κ1) is 16.4. The van der Waals surface area contributed by atoms with Gasteiger partial charge in [0, 0.05) is 5.41 Å². The summed E-state index contributed by atoms with van der Waals surface area (Å²) < 4.78 is 0. The van der Waals surface area contributed by atoms with E-state index in [0.717, 1.165) is 35.5 Å². The summed E-state index contributed by atoms with van der Waals surface area (Å²) in [4.78, 5) is 9.42. The van der Waals surface area contributed by atoms with Crippen LogP contribution in [0.2, 0.25) is 0 Å². The van der Waals surface area contributed by atoms with Gasteiger partial charge in [-0.3, -0.25) is 0 Å². The molecule has 1 aromatic carbocycles. The normalized spacial score (nSPS) is 49.4. The Balaban J connectivity index is 1.26. The van der Waals surface area contributed by atoms with E-state index in [1.54, 1.807) is 5.56 Å². The third kappa shape index (κ3) is 2.16. The topological polar surface area (TPSA) is 28.7 Å². The largest absolute Gasteiger partial charge is 0.341 e. The highest BCUT2D eigenvalue weighted by molar-refractivity contribution is 5.80. The van der Waals surface area contributed by atoms with Gasteiger partial charge < -0.3 is 4.98 Å². The van der Waals surface area contributed by atoms with Gasteiger partial charge in [0.25, 0.3) is 0 Å². The van der Waals surface area contributed by atoms with Crippen molar-refractivity contribution in [3.05, 3.63) is 29.6 Å². The Bertz CT molecular complexity index is 927. The van der Waals surface area contributed by atoms with Crippen LogP contribution in [0.1, 0.15) is 88.4 Å². The Kier molecular flexibility index (Phi) is 2.99. The third-order valence-corrected chi connectivity index (χ3v) is 10.7. The number of hydrogen-bond donors (Lipinski definition) is 1. The van der Waals surface area contributed by atoms with Gasteiger partial charge in [-0.15, -0.1) is 0 Å². The minimum atomic E-state index is 0.381. The number of nitrogens with one attached hydrogen (secondary N) is 1. The minimum absolute atomic E-state index is 0.381. The average Bonchev–Trinajstić information content (AvgIpc) is 3.11. The van der Waals surface area contributed by atoms with Gasteiger partial charge in [0.05, 0.1) is 11.0 Å². The van der Waals surface area contributed by atoms with E-state index in [-0.39, 0.29) is 0 Å². The van der Waals surface area contributed by atoms with E-state index < -0.39 is 0 Å². The molecule has 8 fully saturated rings. The molecule has 1 aromatic heterocycles. The van der Waals surface area contributed by atoms with Crippen LogP contribution in [0.25, 0.3) is 11.0 Å². The predicted octanol–water partition coefficient (Wildman–Crippen LogP) is 6.50. The van der Waals surface area contributed by atoms with E-state index in [9.17, 15) is 0 Å². The molecule has 10 rings (SSSR count). The van der Waals surface area contributed by atoms with Gasteiger partial charge in [0.2, 0.25) is 0 Å². The second kappa shape index (κ2) is 5.29. The van der Waals surface area contributed by atoms with Crippen LogP contribution < -0.4 is 0 Å². The van der Waals surface area contributed by atoms with E-state index in [1.165, 1.54) is 93.9 Å². The van der Waals surface area contributed by atoms with Gasteiger partial charge in [-0.05, 0) is 130 Å². The molecule has 0 aliphatic heterocycles. The number of nitrogens with zero attached hydrogens (tertiary/aromatic N) is 1. The summed E-state index contributed by atoms with van der Waals surface area (Å²) in [7, 11) is 0. The van der Waals surface area contributed by atoms with Gasteiger partial charge in [0.15, 0.2) is 0 Å². The number of H-pyrrole nitrogens is 1. The summed E-state index contributed by atoms with van der Waals surface area (Å²) in [6.45, 7) is 0. The Morgan fingerprint density at radius 3 is 1.66 bits per heavy atom. The number of fused-ring (bicyclic) bond motifs is 1. The van der Waals surface area contributed by atoms with Gasteiger partial charge in [-0.25, -0.2) is 4.98 Å². The number of hydrogen-bond acceptors (Lipinski definition) is 1. The lowest BCUT2D eigenvalue weighted by molar-refractivity contribution is -0.00906. The zero-order valence-electron chi connectivity index (χ0n) is 17.6. The van der Waals surface area contributed by atoms with E-state index in [2.05, 4.69) is 23.2 Å². The molecular weight excluding hydrogens is 352 g/mol. The Hall–Kier alpha value is -1.31. The number of benzene rings is 1. The second-order valence-electron chi connectivity index (χ2n) is 12.7. The lowest BCUT2D eigenvalue weighted by Crippen LogP contribution is -2.49. The van der Waals surface area contributed by atoms with Gasteiger partial charge in [-0.2, -0.15) is 0 Å². The van der Waals surface area contributed by atoms with Crippen molar-refractivity contribution >= 4 is 11.0 Å². The van der Waals surface area contributed by atoms with Crippen molar-refractivity contribution in [2.24, 2.45) is 35.5 Å². The highest BCUT2D eigenvalue weighted by atomic mass is 15.0. The average molecular weight is 387 g/mol. The van der Waals surface area contributed by atoms with Crippen molar-refractivity contribution in [2.45, 2.75) is 87.9 Å². The standard InChI is InChI=1S/C27H34N2/c1-2-22(26-10-16-4-17(11-26)6-18(5-16)12-26)24-23(3-1)28-25(29-24)27-13-19-7-20(14-27)9-21(8-19)15-27/h1-3,16-21H,4-15H2,(H,28,29). The molecule has 0 radical (unpaired) electrons. The van der Waals surface area contributed by atoms with E-state index in [4.69, 9.17) is 4.98 Å². The van der Waals surface area contributed by atoms with Crippen molar-refractivity contribution in [3.8, 4) is 0 Å². The van der Waals surface area contributed by atoms with Crippen LogP contribution in [0, 0.1) is 35.5 Å². The summed E-state index contributed by atoms with van der Waals surface area (Å²) in [6.07, 6.45) is 17.7. The predicted molar refractivity (Wildman–Crippen MR) is 116 cm³/mol. The van der Waals surface area contributed by atoms with E-state index in [0.29, 0.717) is 10.8 Å². The fourth-order valence-electron chi connectivity index (χ4n) is 10.6. The molecule has 0 unspecified atom stereocenters. The zero-order valence-corrected chi connectivity index (χ0v) is 17.6. The van der Waals surface area contributed by atoms with Crippen molar-refractivity contribution in [3.63, 3.8) is 0 Å². The molecule has 0 spiro atoms. The fraction of sp³-hybridized carbons (Fsp3) is 0.741. The summed E-state index contributed by atoms with van der Waals surface area (Å²) in [6, 6.07) is 7.12. The first-order valence-electron chi connectivity index (χ1n) is 12.7. The van der Waals surface area contributed by atoms with Crippen LogP contribution in [0.15, 0.2) is 18.2 Å². The van der Waals surface area contributed by atoms with Gasteiger partial charge in [-0.1, -0.05) is 12.1 Å². The molecule has 2 nitrogen and oxygen atoms in total. The van der Waals surface area contributed by atoms with Gasteiger partial charge >= 0.3 is 0 Å². The number of aromatic amines is 1. The lowest BCUT2D eigenvalue weighted by Gasteiger charge is -2.57. The monoisotopic (exact) mass is 386 g/mol. The molecule has 8 aliphatic carbocycles. The van der Waals surface area contributed by atoms with E-state index in [1.807, 2.05) is 0 Å². The maximum absolute atomic E-state index is 5.50. The number of aromatic nitrogens is 2. The Morgan fingerprint density at radius 2 is 1.14 bits per heavy atom. The number of para-hydroxylation sites is 1. The number of rotatable bonds is 2. The minimum Gasteiger partial charge on any atom is -0.341 e.